The summed E-state index contributed by atoms with van der Waals surface area (Å²) in [5.41, 5.74) is 13.4. The predicted octanol–water partition coefficient (Wildman–Crippen LogP) is 14.6. The molecule has 0 N–H and O–H groups in total. The fourth-order valence-electron chi connectivity index (χ4n) is 8.19. The maximum atomic E-state index is 5.23. The third-order valence-electron chi connectivity index (χ3n) is 10.9. The van der Waals surface area contributed by atoms with Crippen LogP contribution in [0, 0.1) is 0 Å². The molecule has 0 amide bonds. The van der Waals surface area contributed by atoms with Gasteiger partial charge in [-0.3, -0.25) is 4.98 Å². The number of thiophene rings is 1. The van der Waals surface area contributed by atoms with E-state index in [0.29, 0.717) is 0 Å². The first-order valence-corrected chi connectivity index (χ1v) is 19.5. The summed E-state index contributed by atoms with van der Waals surface area (Å²) in [7, 11) is 0. The van der Waals surface area contributed by atoms with Crippen molar-refractivity contribution in [1.29, 1.82) is 0 Å². The molecule has 2 heterocycles. The van der Waals surface area contributed by atoms with Crippen LogP contribution in [0.2, 0.25) is 0 Å². The van der Waals surface area contributed by atoms with Crippen LogP contribution in [0.25, 0.3) is 109 Å². The highest BCUT2D eigenvalue weighted by Gasteiger charge is 2.14. The molecule has 11 rings (SSSR count). The van der Waals surface area contributed by atoms with Crippen LogP contribution in [0.1, 0.15) is 0 Å². The fourth-order valence-corrected chi connectivity index (χ4v) is 9.43. The molecule has 0 fully saturated rings. The summed E-state index contributed by atoms with van der Waals surface area (Å²) >= 11 is 1.88. The quantitative estimate of drug-likeness (QED) is 0.166. The molecule has 0 saturated carbocycles. The van der Waals surface area contributed by atoms with E-state index in [2.05, 4.69) is 188 Å². The lowest BCUT2D eigenvalue weighted by Gasteiger charge is -2.11. The zero-order valence-electron chi connectivity index (χ0n) is 29.8. The largest absolute Gasteiger partial charge is 0.252 e. The van der Waals surface area contributed by atoms with Crippen LogP contribution in [-0.4, -0.2) is 9.97 Å². The van der Waals surface area contributed by atoms with Gasteiger partial charge in [0.1, 0.15) is 0 Å². The van der Waals surface area contributed by atoms with Crippen LogP contribution in [0.3, 0.4) is 0 Å². The summed E-state index contributed by atoms with van der Waals surface area (Å²) in [5, 5.41) is 7.31. The summed E-state index contributed by atoms with van der Waals surface area (Å²) in [5.74, 6) is 0. The van der Waals surface area contributed by atoms with Gasteiger partial charge in [-0.15, -0.1) is 11.3 Å². The molecule has 0 atom stereocenters. The minimum absolute atomic E-state index is 0.868. The van der Waals surface area contributed by atoms with E-state index in [1.807, 2.05) is 17.5 Å². The number of hydrogen-bond donors (Lipinski definition) is 0. The van der Waals surface area contributed by atoms with E-state index in [-0.39, 0.29) is 0 Å². The summed E-state index contributed by atoms with van der Waals surface area (Å²) in [6, 6.07) is 67.8. The summed E-state index contributed by atoms with van der Waals surface area (Å²) in [4.78, 5) is 10.2. The molecule has 3 heteroatoms. The van der Waals surface area contributed by atoms with E-state index in [0.717, 1.165) is 44.2 Å². The Balaban J connectivity index is 0.901. The predicted molar refractivity (Wildman–Crippen MR) is 235 cm³/mol. The molecule has 0 aliphatic carbocycles. The van der Waals surface area contributed by atoms with E-state index in [1.54, 1.807) is 0 Å². The minimum Gasteiger partial charge on any atom is -0.252 e. The maximum Gasteiger partial charge on any atom is 0.0979 e. The van der Waals surface area contributed by atoms with Gasteiger partial charge in [0.25, 0.3) is 0 Å². The van der Waals surface area contributed by atoms with Gasteiger partial charge in [-0.05, 0) is 79.5 Å². The number of nitrogens with zero attached hydrogens (tertiary/aromatic N) is 2. The summed E-state index contributed by atoms with van der Waals surface area (Å²) < 4.78 is 2.67. The number of hydrogen-bond acceptors (Lipinski definition) is 3. The van der Waals surface area contributed by atoms with Gasteiger partial charge in [-0.2, -0.15) is 0 Å². The monoisotopic (exact) mass is 716 g/mol. The van der Waals surface area contributed by atoms with Gasteiger partial charge in [0.05, 0.1) is 22.9 Å². The van der Waals surface area contributed by atoms with Crippen molar-refractivity contribution in [1.82, 2.24) is 9.97 Å². The van der Waals surface area contributed by atoms with Crippen molar-refractivity contribution in [3.05, 3.63) is 194 Å². The lowest BCUT2D eigenvalue weighted by atomic mass is 9.95. The Kier molecular flexibility index (Phi) is 7.39. The molecule has 0 spiro atoms. The van der Waals surface area contributed by atoms with E-state index in [1.165, 1.54) is 64.3 Å². The highest BCUT2D eigenvalue weighted by molar-refractivity contribution is 7.26. The first-order chi connectivity index (χ1) is 27.2. The molecule has 256 valence electrons. The Morgan fingerprint density at radius 3 is 1.47 bits per heavy atom. The molecule has 2 nitrogen and oxygen atoms in total. The maximum absolute atomic E-state index is 5.23. The van der Waals surface area contributed by atoms with E-state index >= 15 is 0 Å². The molecule has 0 aliphatic heterocycles. The van der Waals surface area contributed by atoms with Crippen molar-refractivity contribution in [2.75, 3.05) is 0 Å². The first-order valence-electron chi connectivity index (χ1n) is 18.6. The minimum atomic E-state index is 0.868. The zero-order valence-corrected chi connectivity index (χ0v) is 30.6. The first kappa shape index (κ1) is 31.6. The van der Waals surface area contributed by atoms with Gasteiger partial charge in [-0.25, -0.2) is 4.98 Å². The summed E-state index contributed by atoms with van der Waals surface area (Å²) in [6.07, 6.45) is 1.92. The normalized spacial score (nSPS) is 11.6. The third kappa shape index (κ3) is 5.40. The van der Waals surface area contributed by atoms with Gasteiger partial charge in [0.15, 0.2) is 0 Å². The smallest absolute Gasteiger partial charge is 0.0979 e. The van der Waals surface area contributed by atoms with E-state index < -0.39 is 0 Å². The average Bonchev–Trinajstić information content (AvgIpc) is 3.66. The Morgan fingerprint density at radius 2 is 0.800 bits per heavy atom. The van der Waals surface area contributed by atoms with Crippen molar-refractivity contribution < 1.29 is 0 Å². The van der Waals surface area contributed by atoms with Crippen molar-refractivity contribution in [2.24, 2.45) is 0 Å². The van der Waals surface area contributed by atoms with Crippen LogP contribution in [0.4, 0.5) is 0 Å². The van der Waals surface area contributed by atoms with Crippen LogP contribution >= 0.6 is 11.3 Å². The van der Waals surface area contributed by atoms with Gasteiger partial charge in [0, 0.05) is 36.5 Å². The van der Waals surface area contributed by atoms with Gasteiger partial charge in [0.2, 0.25) is 0 Å². The highest BCUT2D eigenvalue weighted by Crippen LogP contribution is 2.41. The number of benzene rings is 9. The molecule has 0 unspecified atom stereocenters. The van der Waals surface area contributed by atoms with Crippen molar-refractivity contribution in [3.63, 3.8) is 0 Å². The Hall–Kier alpha value is -6.94. The SMILES string of the molecule is c1cc(-c2ccc(-c3cccc(-c4cnc5c6ccccc6c6ccccc6c5n4)c3)cc2)cc(-c2cccc(-c3cccc4c3sc3ccccc34)c2)c1. The fraction of sp³-hybridized carbons (Fsp3) is 0. The third-order valence-corrected chi connectivity index (χ3v) is 12.1. The summed E-state index contributed by atoms with van der Waals surface area (Å²) in [6.45, 7) is 0. The second-order valence-corrected chi connectivity index (χ2v) is 15.2. The molecule has 0 bridgehead atoms. The van der Waals surface area contributed by atoms with Crippen molar-refractivity contribution in [2.45, 2.75) is 0 Å². The topological polar surface area (TPSA) is 25.8 Å². The molecule has 0 aliphatic rings. The number of fused-ring (bicyclic) bond motifs is 9. The van der Waals surface area contributed by atoms with Crippen LogP contribution < -0.4 is 0 Å². The standard InChI is InChI=1S/C52H32N2S/c1-3-20-45-42(17-1)43-18-2-4-21-46(43)51-50(45)53-32-48(54-51)40-16-9-12-36(31-40)34-27-25-33(26-28-34)35-11-7-13-37(29-35)38-14-8-15-39(30-38)41-22-10-23-47-44-19-5-6-24-49(44)55-52(41)47/h1-32H. The molecule has 55 heavy (non-hydrogen) atoms. The Labute approximate surface area is 322 Å². The molecule has 0 radical (unpaired) electrons. The van der Waals surface area contributed by atoms with Gasteiger partial charge in [-0.1, -0.05) is 164 Å². The van der Waals surface area contributed by atoms with Crippen LogP contribution in [0.5, 0.6) is 0 Å². The van der Waals surface area contributed by atoms with E-state index in [9.17, 15) is 0 Å². The lowest BCUT2D eigenvalue weighted by Crippen LogP contribution is -1.92. The zero-order chi connectivity index (χ0) is 36.3. The highest BCUT2D eigenvalue weighted by atomic mass is 32.1. The average molecular weight is 717 g/mol. The Morgan fingerprint density at radius 1 is 0.327 bits per heavy atom. The van der Waals surface area contributed by atoms with Gasteiger partial charge >= 0.3 is 0 Å². The molecule has 11 aromatic rings. The van der Waals surface area contributed by atoms with Crippen molar-refractivity contribution in [3.8, 4) is 55.8 Å². The number of rotatable bonds is 5. The molecular weight excluding hydrogens is 685 g/mol. The van der Waals surface area contributed by atoms with Crippen LogP contribution in [0.15, 0.2) is 194 Å². The second-order valence-electron chi connectivity index (χ2n) is 14.1. The molecule has 9 aromatic carbocycles. The molecule has 0 saturated heterocycles. The Bertz CT molecular complexity index is 3230. The second kappa shape index (κ2) is 12.9. The van der Waals surface area contributed by atoms with Crippen molar-refractivity contribution >= 4 is 64.1 Å². The molecular formula is C52H32N2S. The lowest BCUT2D eigenvalue weighted by molar-refractivity contribution is 1.31. The van der Waals surface area contributed by atoms with Gasteiger partial charge < -0.3 is 0 Å². The van der Waals surface area contributed by atoms with Crippen LogP contribution in [-0.2, 0) is 0 Å². The van der Waals surface area contributed by atoms with E-state index in [4.69, 9.17) is 9.97 Å². The number of aromatic nitrogens is 2. The molecule has 2 aromatic heterocycles.